The molecule has 1 atom stereocenters. The highest BCUT2D eigenvalue weighted by Gasteiger charge is 2.52. The number of hydrogen-bond acceptors (Lipinski definition) is 5. The molecule has 144 valence electrons. The monoisotopic (exact) mass is 426 g/mol. The largest absolute Gasteiger partial charge is 0.380 e. The van der Waals surface area contributed by atoms with Crippen LogP contribution in [0.5, 0.6) is 0 Å². The number of amides is 1. The van der Waals surface area contributed by atoms with Crippen molar-refractivity contribution in [3.8, 4) is 0 Å². The smallest absolute Gasteiger partial charge is 0.227 e. The highest BCUT2D eigenvalue weighted by atomic mass is 35.5. The van der Waals surface area contributed by atoms with E-state index in [2.05, 4.69) is 4.98 Å². The van der Waals surface area contributed by atoms with Crippen molar-refractivity contribution in [3.63, 3.8) is 0 Å². The molecule has 5 nitrogen and oxygen atoms in total. The van der Waals surface area contributed by atoms with Gasteiger partial charge in [0.2, 0.25) is 5.91 Å². The van der Waals surface area contributed by atoms with E-state index in [0.29, 0.717) is 53.0 Å². The van der Waals surface area contributed by atoms with Gasteiger partial charge in [0.25, 0.3) is 0 Å². The summed E-state index contributed by atoms with van der Waals surface area (Å²) in [7, 11) is 0. The first kappa shape index (κ1) is 19.2. The van der Waals surface area contributed by atoms with E-state index in [1.807, 2.05) is 10.3 Å². The van der Waals surface area contributed by atoms with Crippen molar-refractivity contribution in [2.45, 2.75) is 36.9 Å². The van der Waals surface area contributed by atoms with Crippen LogP contribution in [0.25, 0.3) is 0 Å². The summed E-state index contributed by atoms with van der Waals surface area (Å²) in [5, 5.41) is 14.5. The zero-order valence-corrected chi connectivity index (χ0v) is 17.0. The third-order valence-electron chi connectivity index (χ3n) is 5.48. The number of carbonyl (C=O) groups excluding carboxylic acids is 1. The van der Waals surface area contributed by atoms with Gasteiger partial charge in [-0.05, 0) is 30.5 Å². The number of piperidine rings is 1. The predicted molar refractivity (Wildman–Crippen MR) is 105 cm³/mol. The van der Waals surface area contributed by atoms with Crippen molar-refractivity contribution in [1.82, 2.24) is 9.88 Å². The van der Waals surface area contributed by atoms with Gasteiger partial charge < -0.3 is 14.7 Å². The number of thiazole rings is 1. The first-order chi connectivity index (χ1) is 12.9. The molecule has 1 aromatic carbocycles. The Labute approximate surface area is 171 Å². The minimum absolute atomic E-state index is 0.00744. The summed E-state index contributed by atoms with van der Waals surface area (Å²) in [6.07, 6.45) is 3.80. The number of benzene rings is 1. The van der Waals surface area contributed by atoms with Gasteiger partial charge in [0.05, 0.1) is 18.6 Å². The summed E-state index contributed by atoms with van der Waals surface area (Å²) in [5.41, 5.74) is -0.744. The lowest BCUT2D eigenvalue weighted by Gasteiger charge is -2.39. The number of carbonyl (C=O) groups is 1. The fraction of sp³-hybridized carbons (Fsp3) is 0.474. The lowest BCUT2D eigenvalue weighted by molar-refractivity contribution is -0.135. The van der Waals surface area contributed by atoms with Crippen molar-refractivity contribution >= 4 is 40.4 Å². The van der Waals surface area contributed by atoms with Gasteiger partial charge in [0, 0.05) is 41.1 Å². The Morgan fingerprint density at radius 1 is 1.30 bits per heavy atom. The third kappa shape index (κ3) is 3.74. The van der Waals surface area contributed by atoms with E-state index < -0.39 is 5.60 Å². The Morgan fingerprint density at radius 3 is 2.63 bits per heavy atom. The number of halogens is 2. The average Bonchev–Trinajstić information content (AvgIpc) is 3.29. The van der Waals surface area contributed by atoms with Gasteiger partial charge in [-0.3, -0.25) is 4.79 Å². The van der Waals surface area contributed by atoms with E-state index in [0.717, 1.165) is 0 Å². The SMILES string of the molecule is O=C(Cc1c(Cl)cccc1Cl)N1CCC2(CC1)C[C@@](O)(c1nccs1)CO2. The van der Waals surface area contributed by atoms with Crippen molar-refractivity contribution in [3.05, 3.63) is 50.4 Å². The zero-order valence-electron chi connectivity index (χ0n) is 14.7. The van der Waals surface area contributed by atoms with Crippen LogP contribution in [0.1, 0.15) is 29.8 Å². The van der Waals surface area contributed by atoms with E-state index in [9.17, 15) is 9.90 Å². The topological polar surface area (TPSA) is 62.7 Å². The van der Waals surface area contributed by atoms with Crippen LogP contribution in [0.2, 0.25) is 10.0 Å². The number of nitrogens with zero attached hydrogens (tertiary/aromatic N) is 2. The fourth-order valence-electron chi connectivity index (χ4n) is 3.95. The third-order valence-corrected chi connectivity index (χ3v) is 7.15. The van der Waals surface area contributed by atoms with Crippen LogP contribution >= 0.6 is 34.5 Å². The molecule has 2 aliphatic heterocycles. The second-order valence-corrected chi connectivity index (χ2v) is 8.98. The molecule has 0 bridgehead atoms. The summed E-state index contributed by atoms with van der Waals surface area (Å²) in [4.78, 5) is 18.8. The Morgan fingerprint density at radius 2 is 2.00 bits per heavy atom. The van der Waals surface area contributed by atoms with Crippen molar-refractivity contribution in [2.75, 3.05) is 19.7 Å². The van der Waals surface area contributed by atoms with Crippen LogP contribution in [0.15, 0.2) is 29.8 Å². The minimum Gasteiger partial charge on any atom is -0.380 e. The lowest BCUT2D eigenvalue weighted by Crippen LogP contribution is -2.47. The molecule has 8 heteroatoms. The molecule has 1 spiro atoms. The van der Waals surface area contributed by atoms with E-state index in [-0.39, 0.29) is 24.5 Å². The van der Waals surface area contributed by atoms with Crippen LogP contribution in [0.3, 0.4) is 0 Å². The summed E-state index contributed by atoms with van der Waals surface area (Å²) in [6, 6.07) is 5.25. The Bertz CT molecular complexity index is 817. The van der Waals surface area contributed by atoms with E-state index in [1.165, 1.54) is 11.3 Å². The van der Waals surface area contributed by atoms with Gasteiger partial charge >= 0.3 is 0 Å². The molecule has 2 saturated heterocycles. The van der Waals surface area contributed by atoms with Gasteiger partial charge in [-0.1, -0.05) is 29.3 Å². The summed E-state index contributed by atoms with van der Waals surface area (Å²) < 4.78 is 6.04. The molecule has 0 aliphatic carbocycles. The molecule has 4 rings (SSSR count). The van der Waals surface area contributed by atoms with Gasteiger partial charge in [-0.25, -0.2) is 4.98 Å². The number of likely N-dealkylation sites (tertiary alicyclic amines) is 1. The van der Waals surface area contributed by atoms with Crippen LogP contribution in [-0.4, -0.2) is 46.2 Å². The number of hydrogen-bond donors (Lipinski definition) is 1. The van der Waals surface area contributed by atoms with Gasteiger partial charge in [-0.2, -0.15) is 0 Å². The highest BCUT2D eigenvalue weighted by Crippen LogP contribution is 2.45. The molecule has 1 aromatic heterocycles. The van der Waals surface area contributed by atoms with Crippen LogP contribution < -0.4 is 0 Å². The minimum atomic E-state index is -1.02. The summed E-state index contributed by atoms with van der Waals surface area (Å²) >= 11 is 13.8. The summed E-state index contributed by atoms with van der Waals surface area (Å²) in [5.74, 6) is 0.00744. The first-order valence-electron chi connectivity index (χ1n) is 8.88. The van der Waals surface area contributed by atoms with Crippen molar-refractivity contribution in [1.29, 1.82) is 0 Å². The standard InChI is InChI=1S/C19H20Cl2N2O3S/c20-14-2-1-3-15(21)13(14)10-16(24)23-7-4-18(5-8-23)11-19(25,12-26-18)17-22-6-9-27-17/h1-3,6,9,25H,4-5,7-8,10-12H2/t19-/m0/s1. The average molecular weight is 427 g/mol. The second kappa shape index (κ2) is 7.33. The lowest BCUT2D eigenvalue weighted by atomic mass is 9.83. The molecular weight excluding hydrogens is 407 g/mol. The highest BCUT2D eigenvalue weighted by molar-refractivity contribution is 7.09. The predicted octanol–water partition coefficient (Wildman–Crippen LogP) is 3.66. The van der Waals surface area contributed by atoms with Crippen molar-refractivity contribution < 1.29 is 14.6 Å². The number of rotatable bonds is 3. The molecule has 3 heterocycles. The van der Waals surface area contributed by atoms with Gasteiger partial charge in [0.1, 0.15) is 10.6 Å². The second-order valence-electron chi connectivity index (χ2n) is 7.28. The maximum absolute atomic E-state index is 12.7. The van der Waals surface area contributed by atoms with Gasteiger partial charge in [-0.15, -0.1) is 11.3 Å². The first-order valence-corrected chi connectivity index (χ1v) is 10.5. The molecule has 0 radical (unpaired) electrons. The molecule has 1 amide bonds. The molecular formula is C19H20Cl2N2O3S. The molecule has 2 aliphatic rings. The molecule has 1 N–H and O–H groups in total. The Balaban J connectivity index is 1.39. The summed E-state index contributed by atoms with van der Waals surface area (Å²) in [6.45, 7) is 1.44. The van der Waals surface area contributed by atoms with Gasteiger partial charge in [0.15, 0.2) is 0 Å². The van der Waals surface area contributed by atoms with E-state index in [4.69, 9.17) is 27.9 Å². The molecule has 2 aromatic rings. The number of ether oxygens (including phenoxy) is 1. The molecule has 0 saturated carbocycles. The maximum Gasteiger partial charge on any atom is 0.227 e. The number of aromatic nitrogens is 1. The quantitative estimate of drug-likeness (QED) is 0.812. The van der Waals surface area contributed by atoms with Crippen LogP contribution in [0, 0.1) is 0 Å². The molecule has 2 fully saturated rings. The molecule has 27 heavy (non-hydrogen) atoms. The number of aliphatic hydroxyl groups is 1. The maximum atomic E-state index is 12.7. The van der Waals surface area contributed by atoms with E-state index in [1.54, 1.807) is 24.4 Å². The normalized spacial score (nSPS) is 24.5. The Kier molecular flexibility index (Phi) is 5.20. The van der Waals surface area contributed by atoms with E-state index >= 15 is 0 Å². The zero-order chi connectivity index (χ0) is 19.1. The van der Waals surface area contributed by atoms with Crippen LogP contribution in [0.4, 0.5) is 0 Å². The molecule has 0 unspecified atom stereocenters. The van der Waals surface area contributed by atoms with Crippen LogP contribution in [-0.2, 0) is 21.6 Å². The fourth-order valence-corrected chi connectivity index (χ4v) is 5.20. The van der Waals surface area contributed by atoms with Crippen molar-refractivity contribution in [2.24, 2.45) is 0 Å². The Hall–Kier alpha value is -1.18.